The summed E-state index contributed by atoms with van der Waals surface area (Å²) < 4.78 is 1.10. The van der Waals surface area contributed by atoms with Crippen LogP contribution in [-0.2, 0) is 5.41 Å². The summed E-state index contributed by atoms with van der Waals surface area (Å²) in [7, 11) is 0. The zero-order valence-corrected chi connectivity index (χ0v) is 16.3. The molecule has 0 spiro atoms. The Hall–Kier alpha value is -1.12. The summed E-state index contributed by atoms with van der Waals surface area (Å²) in [5, 5.41) is 6.50. The van der Waals surface area contributed by atoms with Crippen molar-refractivity contribution in [2.24, 2.45) is 0 Å². The van der Waals surface area contributed by atoms with Gasteiger partial charge >= 0.3 is 0 Å². The third-order valence-corrected chi connectivity index (χ3v) is 6.22. The van der Waals surface area contributed by atoms with Crippen molar-refractivity contribution in [2.45, 2.75) is 63.5 Å². The summed E-state index contributed by atoms with van der Waals surface area (Å²) in [6.45, 7) is 11.9. The van der Waals surface area contributed by atoms with Crippen molar-refractivity contribution in [3.63, 3.8) is 0 Å². The number of nitriles is 1. The van der Waals surface area contributed by atoms with Gasteiger partial charge in [-0.05, 0) is 60.8 Å². The monoisotopic (exact) mass is 390 g/mol. The number of nitrogens with zero attached hydrogens (tertiary/aromatic N) is 4. The molecular formula is C19H27BrN4. The molecule has 1 saturated heterocycles. The van der Waals surface area contributed by atoms with Gasteiger partial charge in [0.1, 0.15) is 0 Å². The van der Waals surface area contributed by atoms with E-state index in [1.807, 2.05) is 6.20 Å². The molecule has 3 heterocycles. The minimum absolute atomic E-state index is 0.173. The fourth-order valence-corrected chi connectivity index (χ4v) is 4.80. The number of anilines is 1. The first-order valence-electron chi connectivity index (χ1n) is 8.97. The van der Waals surface area contributed by atoms with E-state index < -0.39 is 0 Å². The highest BCUT2D eigenvalue weighted by Crippen LogP contribution is 2.45. The highest BCUT2D eigenvalue weighted by molar-refractivity contribution is 9.10. The molecular weight excluding hydrogens is 364 g/mol. The molecule has 0 radical (unpaired) electrons. The maximum atomic E-state index is 6.50. The first kappa shape index (κ1) is 17.7. The normalized spacial score (nSPS) is 28.5. The quantitative estimate of drug-likeness (QED) is 0.762. The van der Waals surface area contributed by atoms with Crippen LogP contribution in [0.25, 0.3) is 0 Å². The van der Waals surface area contributed by atoms with Gasteiger partial charge in [-0.2, -0.15) is 0 Å². The van der Waals surface area contributed by atoms with E-state index in [0.29, 0.717) is 6.04 Å². The summed E-state index contributed by atoms with van der Waals surface area (Å²) in [6, 6.07) is 3.81. The van der Waals surface area contributed by atoms with Gasteiger partial charge in [0, 0.05) is 41.3 Å². The lowest BCUT2D eigenvalue weighted by atomic mass is 9.83. The average molecular weight is 391 g/mol. The maximum absolute atomic E-state index is 6.50. The van der Waals surface area contributed by atoms with Gasteiger partial charge < -0.3 is 9.80 Å². The van der Waals surface area contributed by atoms with Crippen LogP contribution in [-0.4, -0.2) is 41.6 Å². The lowest BCUT2D eigenvalue weighted by Crippen LogP contribution is -2.55. The molecule has 4 rings (SSSR count). The number of hydrogen-bond donors (Lipinski definition) is 0. The van der Waals surface area contributed by atoms with E-state index in [0.717, 1.165) is 17.1 Å². The van der Waals surface area contributed by atoms with Crippen LogP contribution in [0.5, 0.6) is 0 Å². The second-order valence-electron chi connectivity index (χ2n) is 7.91. The highest BCUT2D eigenvalue weighted by atomic mass is 79.9. The molecule has 1 aromatic rings. The van der Waals surface area contributed by atoms with Gasteiger partial charge in [0.2, 0.25) is 0 Å². The zero-order valence-electron chi connectivity index (χ0n) is 14.7. The Morgan fingerprint density at radius 3 is 2.50 bits per heavy atom. The molecule has 2 aliphatic heterocycles. The smallest absolute Gasteiger partial charge is 0.0711 e. The molecule has 0 atom stereocenters. The molecule has 1 saturated carbocycles. The molecule has 0 unspecified atom stereocenters. The van der Waals surface area contributed by atoms with Crippen molar-refractivity contribution < 1.29 is 0 Å². The minimum Gasteiger partial charge on any atom is -0.366 e. The maximum Gasteiger partial charge on any atom is 0.0711 e. The van der Waals surface area contributed by atoms with Gasteiger partial charge in [-0.3, -0.25) is 4.98 Å². The van der Waals surface area contributed by atoms with Crippen LogP contribution in [0.2, 0.25) is 0 Å². The largest absolute Gasteiger partial charge is 0.366 e. The van der Waals surface area contributed by atoms with E-state index in [9.17, 15) is 0 Å². The van der Waals surface area contributed by atoms with E-state index >= 15 is 0 Å². The first-order chi connectivity index (χ1) is 11.5. The average Bonchev–Trinajstić information content (AvgIpc) is 2.80. The number of hydrogen-bond acceptors (Lipinski definition) is 4. The predicted molar refractivity (Wildman–Crippen MR) is 101 cm³/mol. The molecule has 0 N–H and O–H groups in total. The lowest BCUT2D eigenvalue weighted by Gasteiger charge is -2.48. The van der Waals surface area contributed by atoms with Crippen LogP contribution in [0.4, 0.5) is 5.69 Å². The van der Waals surface area contributed by atoms with Gasteiger partial charge in [0.25, 0.3) is 0 Å². The summed E-state index contributed by atoms with van der Waals surface area (Å²) >= 11 is 3.60. The lowest BCUT2D eigenvalue weighted by molar-refractivity contribution is 0.0873. The predicted octanol–water partition coefficient (Wildman–Crippen LogP) is 4.10. The SMILES string of the molecule is C#N.CC1(C)CN(C2CC(N3CCCCC3)C2)c2cc(Br)cnc21. The molecule has 0 amide bonds. The van der Waals surface area contributed by atoms with Crippen LogP contribution in [0.1, 0.15) is 51.6 Å². The van der Waals surface area contributed by atoms with Crippen molar-refractivity contribution in [3.05, 3.63) is 22.4 Å². The van der Waals surface area contributed by atoms with Gasteiger partial charge in [0.15, 0.2) is 0 Å². The number of piperidine rings is 1. The van der Waals surface area contributed by atoms with Crippen LogP contribution in [0.3, 0.4) is 0 Å². The molecule has 0 bridgehead atoms. The number of fused-ring (bicyclic) bond motifs is 1. The Labute approximate surface area is 154 Å². The molecule has 1 aromatic heterocycles. The topological polar surface area (TPSA) is 43.2 Å². The molecule has 5 heteroatoms. The Morgan fingerprint density at radius 1 is 1.17 bits per heavy atom. The molecule has 0 aromatic carbocycles. The second kappa shape index (κ2) is 7.01. The number of aromatic nitrogens is 1. The van der Waals surface area contributed by atoms with Gasteiger partial charge in [-0.25, -0.2) is 5.26 Å². The minimum atomic E-state index is 0.173. The van der Waals surface area contributed by atoms with E-state index in [-0.39, 0.29) is 5.41 Å². The Balaban J connectivity index is 0.000000815. The van der Waals surface area contributed by atoms with Crippen molar-refractivity contribution >= 4 is 21.6 Å². The summed E-state index contributed by atoms with van der Waals surface area (Å²) in [6.07, 6.45) is 8.85. The van der Waals surface area contributed by atoms with E-state index in [4.69, 9.17) is 10.2 Å². The van der Waals surface area contributed by atoms with Gasteiger partial charge in [-0.1, -0.05) is 20.3 Å². The molecule has 3 aliphatic rings. The molecule has 4 nitrogen and oxygen atoms in total. The Morgan fingerprint density at radius 2 is 1.83 bits per heavy atom. The summed E-state index contributed by atoms with van der Waals surface area (Å²) in [5.74, 6) is 0. The van der Waals surface area contributed by atoms with Crippen LogP contribution in [0, 0.1) is 11.8 Å². The zero-order chi connectivity index (χ0) is 17.3. The standard InChI is InChI=1S/C18H26BrN3.CHN/c1-18(2)12-22(16-8-13(19)11-20-17(16)18)15-9-14(10-15)21-6-4-3-5-7-21;1-2/h8,11,14-15H,3-7,9-10,12H2,1-2H3;1H. The molecule has 24 heavy (non-hydrogen) atoms. The van der Waals surface area contributed by atoms with E-state index in [1.165, 1.54) is 56.6 Å². The van der Waals surface area contributed by atoms with E-state index in [1.54, 1.807) is 0 Å². The van der Waals surface area contributed by atoms with Crippen LogP contribution >= 0.6 is 15.9 Å². The number of likely N-dealkylation sites (tertiary alicyclic amines) is 1. The molecule has 2 fully saturated rings. The van der Waals surface area contributed by atoms with Crippen LogP contribution in [0.15, 0.2) is 16.7 Å². The van der Waals surface area contributed by atoms with Crippen LogP contribution < -0.4 is 4.90 Å². The van der Waals surface area contributed by atoms with E-state index in [2.05, 4.69) is 52.2 Å². The Kier molecular flexibility index (Phi) is 5.17. The third kappa shape index (κ3) is 3.19. The van der Waals surface area contributed by atoms with Crippen molar-refractivity contribution in [1.82, 2.24) is 9.88 Å². The summed E-state index contributed by atoms with van der Waals surface area (Å²) in [5.41, 5.74) is 2.81. The highest BCUT2D eigenvalue weighted by Gasteiger charge is 2.44. The molecule has 1 aliphatic carbocycles. The van der Waals surface area contributed by atoms with Crippen molar-refractivity contribution in [2.75, 3.05) is 24.5 Å². The fourth-order valence-electron chi connectivity index (χ4n) is 4.48. The second-order valence-corrected chi connectivity index (χ2v) is 8.82. The number of pyridine rings is 1. The first-order valence-corrected chi connectivity index (χ1v) is 9.76. The summed E-state index contributed by atoms with van der Waals surface area (Å²) in [4.78, 5) is 10.1. The van der Waals surface area contributed by atoms with Crippen molar-refractivity contribution in [1.29, 1.82) is 5.26 Å². The fraction of sp³-hybridized carbons (Fsp3) is 0.684. The van der Waals surface area contributed by atoms with Crippen molar-refractivity contribution in [3.8, 4) is 6.57 Å². The molecule has 130 valence electrons. The third-order valence-electron chi connectivity index (χ3n) is 5.79. The van der Waals surface area contributed by atoms with Gasteiger partial charge in [-0.15, -0.1) is 0 Å². The number of halogens is 1. The number of rotatable bonds is 2. The Bertz CT molecular complexity index is 601. The van der Waals surface area contributed by atoms with Gasteiger partial charge in [0.05, 0.1) is 11.4 Å².